The topological polar surface area (TPSA) is 46.2 Å². The number of hydrogen-bond acceptors (Lipinski definition) is 2. The maximum absolute atomic E-state index is 11.3. The fourth-order valence-corrected chi connectivity index (χ4v) is 0.160. The van der Waals surface area contributed by atoms with Gasteiger partial charge in [0.15, 0.2) is 0 Å². The minimum atomic E-state index is -2.75. The summed E-state index contributed by atoms with van der Waals surface area (Å²) in [5.41, 5.74) is -0.836. The van der Waals surface area contributed by atoms with Gasteiger partial charge in [-0.3, -0.25) is 0 Å². The Balaban J connectivity index is 3.84. The second kappa shape index (κ2) is 2.77. The fourth-order valence-electron chi connectivity index (χ4n) is 0.0532. The lowest BCUT2D eigenvalue weighted by molar-refractivity contribution is -0.110. The van der Waals surface area contributed by atoms with Gasteiger partial charge in [-0.05, 0) is 4.57 Å². The Morgan fingerprint density at radius 2 is 2.57 bits per heavy atom. The van der Waals surface area contributed by atoms with E-state index in [0.29, 0.717) is 0 Å². The van der Waals surface area contributed by atoms with Crippen molar-refractivity contribution in [2.45, 2.75) is 6.92 Å². The van der Waals surface area contributed by atoms with E-state index >= 15 is 0 Å². The summed E-state index contributed by atoms with van der Waals surface area (Å²) >= 11 is 0. The smallest absolute Gasteiger partial charge is 0.238 e. The first kappa shape index (κ1) is 4.81. The summed E-state index contributed by atoms with van der Waals surface area (Å²) in [6.45, 7) is 0.958. The van der Waals surface area contributed by atoms with Crippen molar-refractivity contribution in [1.82, 2.24) is 5.30 Å². The van der Waals surface area contributed by atoms with E-state index in [1.165, 1.54) is 0 Å². The summed E-state index contributed by atoms with van der Waals surface area (Å²) in [5, 5.41) is -0.850. The molecule has 0 saturated heterocycles. The largest absolute Gasteiger partial charge is 0.539 e. The lowest BCUT2D eigenvalue weighted by atomic mass is 10.9. The lowest BCUT2D eigenvalue weighted by Crippen LogP contribution is -1.90. The van der Waals surface area contributed by atoms with E-state index in [1.807, 2.05) is 0 Å². The van der Waals surface area contributed by atoms with E-state index in [9.17, 15) is 13.8 Å². The van der Waals surface area contributed by atoms with Crippen LogP contribution in [0.15, 0.2) is 0 Å². The van der Waals surface area contributed by atoms with E-state index in [2.05, 4.69) is 0 Å². The van der Waals surface area contributed by atoms with Gasteiger partial charge in [0.1, 0.15) is 0 Å². The van der Waals surface area contributed by atoms with Crippen LogP contribution >= 0.6 is 7.95 Å². The monoisotopic (exact) mass is 125 g/mol. The van der Waals surface area contributed by atoms with Crippen molar-refractivity contribution < 1.29 is 15.3 Å². The highest BCUT2D eigenvalue weighted by atomic mass is 31.1. The van der Waals surface area contributed by atoms with Crippen molar-refractivity contribution in [3.05, 3.63) is 0 Å². The highest BCUT2D eigenvalue weighted by Gasteiger charge is 2.21. The number of hydrogen-bond donors (Lipinski definition) is 1. The van der Waals surface area contributed by atoms with Gasteiger partial charge in [0, 0.05) is 6.92 Å². The van der Waals surface area contributed by atoms with Crippen LogP contribution in [0, 0.1) is 0 Å². The Morgan fingerprint density at radius 3 is 2.57 bits per heavy atom. The molecule has 1 atom stereocenters. The van der Waals surface area contributed by atoms with Gasteiger partial charge in [0.2, 0.25) is 1.41 Å². The first-order valence-electron chi connectivity index (χ1n) is 1.93. The molecule has 3 nitrogen and oxygen atoms in total. The van der Waals surface area contributed by atoms with Crippen molar-refractivity contribution in [2.24, 2.45) is 0 Å². The standard InChI is InChI=1S/C2H4FNO2P/c1-2(5)7(6)4-3/h1H3,(H,4,6)/q+1/i/hD. The first-order valence-corrected chi connectivity index (χ1v) is 2.69. The molecule has 0 aliphatic rings. The van der Waals surface area contributed by atoms with Gasteiger partial charge in [-0.25, -0.2) is 4.79 Å². The molecule has 0 saturated carbocycles. The van der Waals surface area contributed by atoms with Crippen LogP contribution in [0.2, 0.25) is 1.41 Å². The predicted molar refractivity (Wildman–Crippen MR) is 22.5 cm³/mol. The summed E-state index contributed by atoms with van der Waals surface area (Å²) in [6, 6.07) is 0. The first-order chi connectivity index (χ1) is 3.55. The van der Waals surface area contributed by atoms with Gasteiger partial charge in [-0.2, -0.15) is 0 Å². The maximum Gasteiger partial charge on any atom is 0.539 e. The van der Waals surface area contributed by atoms with Crippen molar-refractivity contribution in [2.75, 3.05) is 0 Å². The van der Waals surface area contributed by atoms with Crippen LogP contribution in [0.25, 0.3) is 0 Å². The molecule has 0 aliphatic heterocycles. The summed E-state index contributed by atoms with van der Waals surface area (Å²) < 4.78 is 27.3. The molecule has 0 bridgehead atoms. The average Bonchev–Trinajstić information content (AvgIpc) is 1.64. The van der Waals surface area contributed by atoms with Crippen LogP contribution in [0.1, 0.15) is 6.92 Å². The molecule has 0 aromatic carbocycles. The summed E-state index contributed by atoms with van der Waals surface area (Å²) in [7, 11) is -2.75. The molecule has 0 amide bonds. The molecule has 0 heterocycles. The van der Waals surface area contributed by atoms with Gasteiger partial charge in [0.05, 0.1) is 5.30 Å². The molecule has 0 aromatic heterocycles. The van der Waals surface area contributed by atoms with E-state index < -0.39 is 18.8 Å². The van der Waals surface area contributed by atoms with Crippen LogP contribution in [-0.4, -0.2) is 5.52 Å². The Kier molecular flexibility index (Phi) is 1.90. The van der Waals surface area contributed by atoms with Crippen LogP contribution in [0.3, 0.4) is 0 Å². The fraction of sp³-hybridized carbons (Fsp3) is 0.500. The lowest BCUT2D eigenvalue weighted by Gasteiger charge is -1.64. The summed E-state index contributed by atoms with van der Waals surface area (Å²) in [5.74, 6) is 0. The zero-order valence-corrected chi connectivity index (χ0v) is 4.48. The molecule has 1 N–H and O–H groups in total. The number of nitrogens with one attached hydrogen (secondary N) is 1. The highest BCUT2D eigenvalue weighted by Crippen LogP contribution is 2.13. The van der Waals surface area contributed by atoms with Crippen molar-refractivity contribution in [3.63, 3.8) is 0 Å². The van der Waals surface area contributed by atoms with E-state index in [4.69, 9.17) is 1.41 Å². The quantitative estimate of drug-likeness (QED) is 0.437. The van der Waals surface area contributed by atoms with Gasteiger partial charge >= 0.3 is 13.5 Å². The highest BCUT2D eigenvalue weighted by molar-refractivity contribution is 7.61. The third kappa shape index (κ3) is 2.37. The molecule has 0 aliphatic carbocycles. The number of carbonyl (C=O) groups excluding carboxylic acids is 1. The molecule has 0 spiro atoms. The molecular weight excluding hydrogens is 120 g/mol. The third-order valence-electron chi connectivity index (χ3n) is 0.338. The molecular formula is C2H4FNO2P+. The molecule has 7 heavy (non-hydrogen) atoms. The van der Waals surface area contributed by atoms with Crippen LogP contribution in [0.5, 0.6) is 0 Å². The minimum absolute atomic E-state index is 0.836. The van der Waals surface area contributed by atoms with E-state index in [-0.39, 0.29) is 0 Å². The van der Waals surface area contributed by atoms with Gasteiger partial charge in [0.25, 0.3) is 0 Å². The maximum atomic E-state index is 11.3. The summed E-state index contributed by atoms with van der Waals surface area (Å²) in [4.78, 5) is 9.90. The summed E-state index contributed by atoms with van der Waals surface area (Å²) in [6.07, 6.45) is 0. The van der Waals surface area contributed by atoms with Gasteiger partial charge in [-0.15, -0.1) is 0 Å². The van der Waals surface area contributed by atoms with E-state index in [1.54, 1.807) is 0 Å². The third-order valence-corrected chi connectivity index (χ3v) is 1.01. The molecule has 0 aromatic rings. The normalized spacial score (nSPS) is 13.6. The van der Waals surface area contributed by atoms with Gasteiger partial charge in [-0.1, -0.05) is 4.48 Å². The van der Waals surface area contributed by atoms with Crippen molar-refractivity contribution in [3.8, 4) is 0 Å². The van der Waals surface area contributed by atoms with E-state index in [0.717, 1.165) is 6.92 Å². The molecule has 40 valence electrons. The average molecular weight is 125 g/mol. The molecule has 0 radical (unpaired) electrons. The molecule has 0 rings (SSSR count). The zero-order chi connectivity index (χ0) is 6.73. The van der Waals surface area contributed by atoms with Crippen LogP contribution in [-0.2, 0) is 9.36 Å². The second-order valence-corrected chi connectivity index (χ2v) is 2.19. The van der Waals surface area contributed by atoms with Crippen molar-refractivity contribution in [1.29, 1.82) is 0 Å². The minimum Gasteiger partial charge on any atom is -0.238 e. The predicted octanol–water partition coefficient (Wildman–Crippen LogP) is 0.749. The Labute approximate surface area is 42.1 Å². The van der Waals surface area contributed by atoms with Crippen LogP contribution < -0.4 is 5.30 Å². The van der Waals surface area contributed by atoms with Crippen LogP contribution in [0.4, 0.5) is 4.48 Å². The SMILES string of the molecule is [2H]N(F)[P+](=O)C(C)=O. The molecule has 0 fully saturated rings. The Bertz CT molecular complexity index is 127. The van der Waals surface area contributed by atoms with Crippen molar-refractivity contribution >= 4 is 13.5 Å². The number of halogens is 1. The Morgan fingerprint density at radius 1 is 2.14 bits per heavy atom. The second-order valence-electron chi connectivity index (χ2n) is 0.868. The zero-order valence-electron chi connectivity index (χ0n) is 4.59. The molecule has 5 heteroatoms. The number of rotatable bonds is 2. The molecule has 1 unspecified atom stereocenters. The number of carbonyl (C=O) groups is 1. The Hall–Kier alpha value is -0.340. The van der Waals surface area contributed by atoms with Gasteiger partial charge < -0.3 is 0 Å².